The normalized spacial score (nSPS) is 17.3. The van der Waals surface area contributed by atoms with Gasteiger partial charge >= 0.3 is 0 Å². The van der Waals surface area contributed by atoms with Crippen molar-refractivity contribution in [2.45, 2.75) is 31.7 Å². The van der Waals surface area contributed by atoms with Gasteiger partial charge in [-0.3, -0.25) is 0 Å². The van der Waals surface area contributed by atoms with Crippen LogP contribution in [0.3, 0.4) is 0 Å². The average Bonchev–Trinajstić information content (AvgIpc) is 2.91. The van der Waals surface area contributed by atoms with Gasteiger partial charge < -0.3 is 10.3 Å². The molecule has 1 heterocycles. The van der Waals surface area contributed by atoms with Crippen molar-refractivity contribution in [3.8, 4) is 0 Å². The lowest BCUT2D eigenvalue weighted by atomic mass is 10.2. The van der Waals surface area contributed by atoms with E-state index in [4.69, 9.17) is 5.73 Å². The van der Waals surface area contributed by atoms with Crippen LogP contribution in [0.2, 0.25) is 0 Å². The molecule has 1 aliphatic rings. The number of rotatable bonds is 1. The van der Waals surface area contributed by atoms with Crippen molar-refractivity contribution in [3.05, 3.63) is 22.9 Å². The molecule has 1 saturated carbocycles. The summed E-state index contributed by atoms with van der Waals surface area (Å²) in [5.74, 6) is 0. The SMILES string of the molecule is Nc1ccc2ncn(C3CCCC3)c2c1Br. The summed E-state index contributed by atoms with van der Waals surface area (Å²) >= 11 is 3.57. The van der Waals surface area contributed by atoms with Gasteiger partial charge in [-0.1, -0.05) is 12.8 Å². The van der Waals surface area contributed by atoms with E-state index in [0.29, 0.717) is 6.04 Å². The quantitative estimate of drug-likeness (QED) is 0.812. The number of aromatic nitrogens is 2. The molecule has 1 aliphatic carbocycles. The molecule has 1 aromatic carbocycles. The van der Waals surface area contributed by atoms with Crippen LogP contribution in [-0.2, 0) is 0 Å². The highest BCUT2D eigenvalue weighted by Gasteiger charge is 2.20. The fourth-order valence-electron chi connectivity index (χ4n) is 2.56. The highest BCUT2D eigenvalue weighted by Crippen LogP contribution is 2.36. The Balaban J connectivity index is 2.21. The van der Waals surface area contributed by atoms with Crippen LogP contribution in [0.5, 0.6) is 0 Å². The van der Waals surface area contributed by atoms with Crippen molar-refractivity contribution in [3.63, 3.8) is 0 Å². The first-order chi connectivity index (χ1) is 7.77. The molecule has 0 atom stereocenters. The lowest BCUT2D eigenvalue weighted by Crippen LogP contribution is -2.03. The zero-order valence-electron chi connectivity index (χ0n) is 8.99. The second-order valence-electron chi connectivity index (χ2n) is 4.43. The first-order valence-corrected chi connectivity index (χ1v) is 6.47. The van der Waals surface area contributed by atoms with Crippen molar-refractivity contribution in [2.75, 3.05) is 5.73 Å². The number of benzene rings is 1. The Morgan fingerprint density at radius 1 is 1.31 bits per heavy atom. The molecule has 0 saturated heterocycles. The van der Waals surface area contributed by atoms with Gasteiger partial charge in [0.1, 0.15) is 0 Å². The van der Waals surface area contributed by atoms with E-state index < -0.39 is 0 Å². The molecule has 0 aliphatic heterocycles. The number of nitrogen functional groups attached to an aromatic ring is 1. The van der Waals surface area contributed by atoms with E-state index in [-0.39, 0.29) is 0 Å². The zero-order valence-corrected chi connectivity index (χ0v) is 10.6. The number of hydrogen-bond donors (Lipinski definition) is 1. The van der Waals surface area contributed by atoms with E-state index >= 15 is 0 Å². The predicted octanol–water partition coefficient (Wildman–Crippen LogP) is 3.50. The Kier molecular flexibility index (Phi) is 2.39. The third kappa shape index (κ3) is 1.44. The van der Waals surface area contributed by atoms with Gasteiger partial charge in [-0.2, -0.15) is 0 Å². The summed E-state index contributed by atoms with van der Waals surface area (Å²) in [6.07, 6.45) is 7.11. The minimum Gasteiger partial charge on any atom is -0.398 e. The van der Waals surface area contributed by atoms with Crippen LogP contribution in [0.25, 0.3) is 11.0 Å². The van der Waals surface area contributed by atoms with Crippen LogP contribution in [-0.4, -0.2) is 9.55 Å². The van der Waals surface area contributed by atoms with E-state index in [1.54, 1.807) is 0 Å². The van der Waals surface area contributed by atoms with Gasteiger partial charge in [0.25, 0.3) is 0 Å². The molecule has 1 fully saturated rings. The first kappa shape index (κ1) is 10.1. The maximum absolute atomic E-state index is 5.92. The van der Waals surface area contributed by atoms with Crippen molar-refractivity contribution in [1.82, 2.24) is 9.55 Å². The van der Waals surface area contributed by atoms with E-state index in [9.17, 15) is 0 Å². The van der Waals surface area contributed by atoms with E-state index in [1.807, 2.05) is 18.5 Å². The number of anilines is 1. The molecule has 0 amide bonds. The van der Waals surface area contributed by atoms with Crippen LogP contribution in [0.4, 0.5) is 5.69 Å². The van der Waals surface area contributed by atoms with Crippen molar-refractivity contribution >= 4 is 32.7 Å². The summed E-state index contributed by atoms with van der Waals surface area (Å²) in [6.45, 7) is 0. The largest absolute Gasteiger partial charge is 0.398 e. The fraction of sp³-hybridized carbons (Fsp3) is 0.417. The van der Waals surface area contributed by atoms with Gasteiger partial charge in [0.2, 0.25) is 0 Å². The van der Waals surface area contributed by atoms with Crippen LogP contribution >= 0.6 is 15.9 Å². The Hall–Kier alpha value is -1.03. The predicted molar refractivity (Wildman–Crippen MR) is 69.4 cm³/mol. The molecule has 2 aromatic rings. The minimum absolute atomic E-state index is 0.600. The third-order valence-electron chi connectivity index (χ3n) is 3.42. The lowest BCUT2D eigenvalue weighted by Gasteiger charge is -2.13. The van der Waals surface area contributed by atoms with Gasteiger partial charge in [0, 0.05) is 11.7 Å². The summed E-state index contributed by atoms with van der Waals surface area (Å²) < 4.78 is 3.26. The smallest absolute Gasteiger partial charge is 0.0961 e. The Bertz CT molecular complexity index is 526. The standard InChI is InChI=1S/C12H14BrN3/c13-11-9(14)5-6-10-12(11)16(7-15-10)8-3-1-2-4-8/h5-8H,1-4,14H2. The van der Waals surface area contributed by atoms with Gasteiger partial charge in [0.15, 0.2) is 0 Å². The number of halogens is 1. The number of fused-ring (bicyclic) bond motifs is 1. The van der Waals surface area contributed by atoms with Crippen molar-refractivity contribution < 1.29 is 0 Å². The number of nitrogens with two attached hydrogens (primary N) is 1. The molecule has 3 nitrogen and oxygen atoms in total. The number of hydrogen-bond acceptors (Lipinski definition) is 2. The highest BCUT2D eigenvalue weighted by molar-refractivity contribution is 9.10. The van der Waals surface area contributed by atoms with Gasteiger partial charge in [-0.15, -0.1) is 0 Å². The maximum Gasteiger partial charge on any atom is 0.0961 e. The summed E-state index contributed by atoms with van der Waals surface area (Å²) in [4.78, 5) is 4.44. The molecule has 0 radical (unpaired) electrons. The molecular formula is C12H14BrN3. The minimum atomic E-state index is 0.600. The molecule has 2 N–H and O–H groups in total. The molecular weight excluding hydrogens is 266 g/mol. The van der Waals surface area contributed by atoms with E-state index in [2.05, 4.69) is 25.5 Å². The van der Waals surface area contributed by atoms with Crippen LogP contribution < -0.4 is 5.73 Å². The summed E-state index contributed by atoms with van der Waals surface area (Å²) in [7, 11) is 0. The topological polar surface area (TPSA) is 43.8 Å². The van der Waals surface area contributed by atoms with Gasteiger partial charge in [0.05, 0.1) is 21.8 Å². The highest BCUT2D eigenvalue weighted by atomic mass is 79.9. The first-order valence-electron chi connectivity index (χ1n) is 5.68. The summed E-state index contributed by atoms with van der Waals surface area (Å²) in [5, 5.41) is 0. The molecule has 4 heteroatoms. The monoisotopic (exact) mass is 279 g/mol. The van der Waals surface area contributed by atoms with Gasteiger partial charge in [-0.05, 0) is 40.9 Å². The van der Waals surface area contributed by atoms with Crippen LogP contribution in [0.1, 0.15) is 31.7 Å². The molecule has 0 bridgehead atoms. The van der Waals surface area contributed by atoms with Crippen molar-refractivity contribution in [1.29, 1.82) is 0 Å². The lowest BCUT2D eigenvalue weighted by molar-refractivity contribution is 0.532. The maximum atomic E-state index is 5.92. The van der Waals surface area contributed by atoms with Gasteiger partial charge in [-0.25, -0.2) is 4.98 Å². The molecule has 0 spiro atoms. The second kappa shape index (κ2) is 3.77. The van der Waals surface area contributed by atoms with E-state index in [0.717, 1.165) is 21.2 Å². The fourth-order valence-corrected chi connectivity index (χ4v) is 3.10. The Labute approximate surface area is 103 Å². The average molecular weight is 280 g/mol. The van der Waals surface area contributed by atoms with Crippen LogP contribution in [0.15, 0.2) is 22.9 Å². The molecule has 84 valence electrons. The van der Waals surface area contributed by atoms with E-state index in [1.165, 1.54) is 25.7 Å². The Morgan fingerprint density at radius 3 is 2.81 bits per heavy atom. The molecule has 0 unspecified atom stereocenters. The summed E-state index contributed by atoms with van der Waals surface area (Å²) in [5.41, 5.74) is 8.88. The molecule has 1 aromatic heterocycles. The zero-order chi connectivity index (χ0) is 11.1. The summed E-state index contributed by atoms with van der Waals surface area (Å²) in [6, 6.07) is 4.49. The Morgan fingerprint density at radius 2 is 2.06 bits per heavy atom. The molecule has 3 rings (SSSR count). The number of imidazole rings is 1. The number of nitrogens with zero attached hydrogens (tertiary/aromatic N) is 2. The second-order valence-corrected chi connectivity index (χ2v) is 5.22. The third-order valence-corrected chi connectivity index (χ3v) is 4.26. The molecule has 16 heavy (non-hydrogen) atoms. The van der Waals surface area contributed by atoms with Crippen LogP contribution in [0, 0.1) is 0 Å². The van der Waals surface area contributed by atoms with Crippen molar-refractivity contribution in [2.24, 2.45) is 0 Å².